The molecule has 116 valence electrons. The van der Waals surface area contributed by atoms with Gasteiger partial charge in [-0.2, -0.15) is 4.31 Å². The van der Waals surface area contributed by atoms with E-state index in [0.29, 0.717) is 13.1 Å². The zero-order chi connectivity index (χ0) is 15.8. The predicted octanol–water partition coefficient (Wildman–Crippen LogP) is 1.78. The first-order valence-corrected chi connectivity index (χ1v) is 8.20. The van der Waals surface area contributed by atoms with Gasteiger partial charge in [0.05, 0.1) is 10.5 Å². The van der Waals surface area contributed by atoms with Gasteiger partial charge >= 0.3 is 5.97 Å². The number of sulfonamides is 1. The number of carboxylic acids is 1. The number of carbonyl (C=O) groups is 1. The van der Waals surface area contributed by atoms with Gasteiger partial charge in [0.2, 0.25) is 10.0 Å². The van der Waals surface area contributed by atoms with E-state index in [2.05, 4.69) is 0 Å². The number of aromatic carboxylic acids is 1. The first kappa shape index (κ1) is 15.8. The molecular formula is C14H20N2O4S. The zero-order valence-corrected chi connectivity index (χ0v) is 13.0. The Morgan fingerprint density at radius 3 is 2.62 bits per heavy atom. The number of rotatable bonds is 3. The van der Waals surface area contributed by atoms with Crippen LogP contribution in [0.15, 0.2) is 23.1 Å². The standard InChI is InChI=1S/C14H20N2O4S/c1-14(2)6-3-7-16(9-14)21(19,20)12-5-4-10(15)8-11(12)13(17)18/h4-5,8H,3,6-7,9,15H2,1-2H3,(H,17,18). The van der Waals surface area contributed by atoms with E-state index < -0.39 is 16.0 Å². The molecule has 7 heteroatoms. The lowest BCUT2D eigenvalue weighted by Gasteiger charge is -2.37. The number of anilines is 1. The fourth-order valence-corrected chi connectivity index (χ4v) is 4.48. The summed E-state index contributed by atoms with van der Waals surface area (Å²) in [6.45, 7) is 4.82. The molecule has 3 N–H and O–H groups in total. The molecule has 1 saturated heterocycles. The monoisotopic (exact) mass is 312 g/mol. The topological polar surface area (TPSA) is 101 Å². The Hall–Kier alpha value is -1.60. The Labute approximate surface area is 124 Å². The highest BCUT2D eigenvalue weighted by molar-refractivity contribution is 7.89. The molecule has 1 aromatic carbocycles. The van der Waals surface area contributed by atoms with Crippen LogP contribution >= 0.6 is 0 Å². The molecule has 0 aliphatic carbocycles. The fraction of sp³-hybridized carbons (Fsp3) is 0.500. The molecule has 6 nitrogen and oxygen atoms in total. The molecule has 0 spiro atoms. The Morgan fingerprint density at radius 2 is 2.05 bits per heavy atom. The van der Waals surface area contributed by atoms with E-state index in [1.807, 2.05) is 13.8 Å². The molecule has 1 heterocycles. The van der Waals surface area contributed by atoms with Crippen LogP contribution in [-0.2, 0) is 10.0 Å². The van der Waals surface area contributed by atoms with Crippen molar-refractivity contribution in [1.29, 1.82) is 0 Å². The molecular weight excluding hydrogens is 292 g/mol. The number of benzene rings is 1. The second kappa shape index (κ2) is 5.31. The third-order valence-electron chi connectivity index (χ3n) is 3.72. The van der Waals surface area contributed by atoms with Crippen LogP contribution in [0.25, 0.3) is 0 Å². The molecule has 1 aliphatic rings. The zero-order valence-electron chi connectivity index (χ0n) is 12.2. The van der Waals surface area contributed by atoms with E-state index in [4.69, 9.17) is 5.73 Å². The quantitative estimate of drug-likeness (QED) is 0.829. The van der Waals surface area contributed by atoms with Crippen LogP contribution in [0, 0.1) is 5.41 Å². The van der Waals surface area contributed by atoms with Crippen LogP contribution in [0.4, 0.5) is 5.69 Å². The maximum atomic E-state index is 12.7. The molecule has 0 bridgehead atoms. The Bertz CT molecular complexity index is 668. The van der Waals surface area contributed by atoms with Gasteiger partial charge in [-0.3, -0.25) is 0 Å². The fourth-order valence-electron chi connectivity index (χ4n) is 2.65. The van der Waals surface area contributed by atoms with E-state index in [1.165, 1.54) is 22.5 Å². The van der Waals surface area contributed by atoms with Gasteiger partial charge in [0.1, 0.15) is 0 Å². The number of nitrogens with two attached hydrogens (primary N) is 1. The SMILES string of the molecule is CC1(C)CCCN(S(=O)(=O)c2ccc(N)cc2C(=O)O)C1. The van der Waals surface area contributed by atoms with Crippen LogP contribution in [0.3, 0.4) is 0 Å². The highest BCUT2D eigenvalue weighted by Gasteiger charge is 2.35. The van der Waals surface area contributed by atoms with Crippen LogP contribution in [0.1, 0.15) is 37.0 Å². The van der Waals surface area contributed by atoms with Gasteiger partial charge < -0.3 is 10.8 Å². The number of hydrogen-bond acceptors (Lipinski definition) is 4. The van der Waals surface area contributed by atoms with Gasteiger partial charge in [-0.1, -0.05) is 13.8 Å². The first-order chi connectivity index (χ1) is 9.63. The van der Waals surface area contributed by atoms with Gasteiger partial charge in [0, 0.05) is 18.8 Å². The van der Waals surface area contributed by atoms with Gasteiger partial charge in [0.15, 0.2) is 0 Å². The van der Waals surface area contributed by atoms with Crippen molar-refractivity contribution in [2.24, 2.45) is 5.41 Å². The molecule has 0 radical (unpaired) electrons. The van der Waals surface area contributed by atoms with Crippen molar-refractivity contribution in [3.05, 3.63) is 23.8 Å². The van der Waals surface area contributed by atoms with E-state index in [-0.39, 0.29) is 21.6 Å². The van der Waals surface area contributed by atoms with Crippen molar-refractivity contribution in [2.45, 2.75) is 31.6 Å². The Morgan fingerprint density at radius 1 is 1.38 bits per heavy atom. The maximum Gasteiger partial charge on any atom is 0.337 e. The maximum absolute atomic E-state index is 12.7. The molecule has 0 aromatic heterocycles. The summed E-state index contributed by atoms with van der Waals surface area (Å²) in [6.07, 6.45) is 1.72. The second-order valence-electron chi connectivity index (χ2n) is 6.17. The summed E-state index contributed by atoms with van der Waals surface area (Å²) in [6, 6.07) is 3.87. The molecule has 1 fully saturated rings. The minimum Gasteiger partial charge on any atom is -0.478 e. The number of piperidine rings is 1. The molecule has 0 atom stereocenters. The minimum atomic E-state index is -3.83. The lowest BCUT2D eigenvalue weighted by atomic mass is 9.85. The second-order valence-corrected chi connectivity index (χ2v) is 8.07. The average Bonchev–Trinajstić information content (AvgIpc) is 2.37. The van der Waals surface area contributed by atoms with Crippen LogP contribution < -0.4 is 5.73 Å². The average molecular weight is 312 g/mol. The smallest absolute Gasteiger partial charge is 0.337 e. The summed E-state index contributed by atoms with van der Waals surface area (Å²) in [4.78, 5) is 11.1. The van der Waals surface area contributed by atoms with Crippen molar-refractivity contribution in [2.75, 3.05) is 18.8 Å². The lowest BCUT2D eigenvalue weighted by molar-refractivity contribution is 0.0692. The van der Waals surface area contributed by atoms with Crippen molar-refractivity contribution >= 4 is 21.7 Å². The predicted molar refractivity (Wildman–Crippen MR) is 79.6 cm³/mol. The third kappa shape index (κ3) is 3.19. The van der Waals surface area contributed by atoms with E-state index in [9.17, 15) is 18.3 Å². The van der Waals surface area contributed by atoms with Gasteiger partial charge in [0.25, 0.3) is 0 Å². The number of nitrogen functional groups attached to an aromatic ring is 1. The Kier molecular flexibility index (Phi) is 3.99. The van der Waals surface area contributed by atoms with Crippen LogP contribution in [0.2, 0.25) is 0 Å². The Balaban J connectivity index is 2.47. The van der Waals surface area contributed by atoms with E-state index in [0.717, 1.165) is 12.8 Å². The molecule has 0 unspecified atom stereocenters. The molecule has 1 aromatic rings. The molecule has 0 saturated carbocycles. The van der Waals surface area contributed by atoms with Crippen molar-refractivity contribution in [1.82, 2.24) is 4.31 Å². The van der Waals surface area contributed by atoms with Crippen molar-refractivity contribution in [3.63, 3.8) is 0 Å². The molecule has 1 aliphatic heterocycles. The lowest BCUT2D eigenvalue weighted by Crippen LogP contribution is -2.43. The van der Waals surface area contributed by atoms with E-state index in [1.54, 1.807) is 0 Å². The summed E-state index contributed by atoms with van der Waals surface area (Å²) in [5, 5.41) is 9.22. The highest BCUT2D eigenvalue weighted by atomic mass is 32.2. The number of nitrogens with zero attached hydrogens (tertiary/aromatic N) is 1. The summed E-state index contributed by atoms with van der Waals surface area (Å²) in [7, 11) is -3.83. The minimum absolute atomic E-state index is 0.109. The van der Waals surface area contributed by atoms with Gasteiger partial charge in [-0.25, -0.2) is 13.2 Å². The van der Waals surface area contributed by atoms with Crippen LogP contribution in [0.5, 0.6) is 0 Å². The van der Waals surface area contributed by atoms with E-state index >= 15 is 0 Å². The third-order valence-corrected chi connectivity index (χ3v) is 5.62. The largest absolute Gasteiger partial charge is 0.478 e. The summed E-state index contributed by atoms with van der Waals surface area (Å²) in [5.74, 6) is -1.29. The van der Waals surface area contributed by atoms with Gasteiger partial charge in [-0.15, -0.1) is 0 Å². The molecule has 0 amide bonds. The number of hydrogen-bond donors (Lipinski definition) is 2. The van der Waals surface area contributed by atoms with Crippen molar-refractivity contribution in [3.8, 4) is 0 Å². The normalized spacial score (nSPS) is 19.3. The number of carboxylic acid groups (broad SMARTS) is 1. The van der Waals surface area contributed by atoms with Gasteiger partial charge in [-0.05, 0) is 36.5 Å². The van der Waals surface area contributed by atoms with Crippen LogP contribution in [-0.4, -0.2) is 36.9 Å². The molecule has 2 rings (SSSR count). The summed E-state index contributed by atoms with van der Waals surface area (Å²) >= 11 is 0. The highest BCUT2D eigenvalue weighted by Crippen LogP contribution is 2.33. The molecule has 21 heavy (non-hydrogen) atoms. The summed E-state index contributed by atoms with van der Waals surface area (Å²) in [5.41, 5.74) is 5.40. The van der Waals surface area contributed by atoms with Crippen molar-refractivity contribution < 1.29 is 18.3 Å². The first-order valence-electron chi connectivity index (χ1n) is 6.76. The summed E-state index contributed by atoms with van der Waals surface area (Å²) < 4.78 is 26.8.